The summed E-state index contributed by atoms with van der Waals surface area (Å²) in [6, 6.07) is 16.2. The number of hydrogen-bond acceptors (Lipinski definition) is 6. The van der Waals surface area contributed by atoms with Gasteiger partial charge >= 0.3 is 0 Å². The SMILES string of the molecule is COc1ccc(NC(=O)CCc2nc(-c3cc4ccccc4[nH]c3=O)no2)cc1. The summed E-state index contributed by atoms with van der Waals surface area (Å²) in [6.45, 7) is 0. The van der Waals surface area contributed by atoms with Crippen LogP contribution in [0.5, 0.6) is 5.75 Å². The van der Waals surface area contributed by atoms with Crippen molar-refractivity contribution in [1.29, 1.82) is 0 Å². The van der Waals surface area contributed by atoms with Crippen molar-refractivity contribution < 1.29 is 14.1 Å². The third-order valence-corrected chi connectivity index (χ3v) is 4.40. The zero-order valence-electron chi connectivity index (χ0n) is 15.6. The van der Waals surface area contributed by atoms with E-state index in [1.54, 1.807) is 37.4 Å². The van der Waals surface area contributed by atoms with Crippen LogP contribution in [0, 0.1) is 0 Å². The summed E-state index contributed by atoms with van der Waals surface area (Å²) in [4.78, 5) is 31.5. The molecular weight excluding hydrogens is 372 g/mol. The van der Waals surface area contributed by atoms with E-state index in [9.17, 15) is 9.59 Å². The first-order valence-corrected chi connectivity index (χ1v) is 9.01. The van der Waals surface area contributed by atoms with E-state index in [0.717, 1.165) is 10.9 Å². The molecule has 1 amide bonds. The van der Waals surface area contributed by atoms with Gasteiger partial charge in [0.1, 0.15) is 5.75 Å². The largest absolute Gasteiger partial charge is 0.497 e. The molecule has 4 rings (SSSR count). The number of amides is 1. The number of carbonyl (C=O) groups excluding carboxylic acids is 1. The van der Waals surface area contributed by atoms with Crippen molar-refractivity contribution >= 4 is 22.5 Å². The summed E-state index contributed by atoms with van der Waals surface area (Å²) >= 11 is 0. The lowest BCUT2D eigenvalue weighted by Crippen LogP contribution is -2.12. The topological polar surface area (TPSA) is 110 Å². The van der Waals surface area contributed by atoms with Crippen LogP contribution >= 0.6 is 0 Å². The predicted octanol–water partition coefficient (Wildman–Crippen LogP) is 3.16. The van der Waals surface area contributed by atoms with Gasteiger partial charge in [0.2, 0.25) is 17.6 Å². The van der Waals surface area contributed by atoms with Crippen molar-refractivity contribution in [1.82, 2.24) is 15.1 Å². The van der Waals surface area contributed by atoms with Gasteiger partial charge < -0.3 is 19.6 Å². The van der Waals surface area contributed by atoms with Gasteiger partial charge in [-0.15, -0.1) is 0 Å². The Balaban J connectivity index is 1.42. The minimum atomic E-state index is -0.298. The van der Waals surface area contributed by atoms with Gasteiger partial charge in [-0.05, 0) is 41.8 Å². The first-order chi connectivity index (χ1) is 14.1. The molecule has 0 aliphatic rings. The van der Waals surface area contributed by atoms with Crippen molar-refractivity contribution in [2.45, 2.75) is 12.8 Å². The molecule has 2 N–H and O–H groups in total. The quantitative estimate of drug-likeness (QED) is 0.523. The highest BCUT2D eigenvalue weighted by atomic mass is 16.5. The Kier molecular flexibility index (Phi) is 5.07. The lowest BCUT2D eigenvalue weighted by Gasteiger charge is -2.05. The molecule has 146 valence electrons. The van der Waals surface area contributed by atoms with Gasteiger partial charge in [0.25, 0.3) is 5.56 Å². The second-order valence-corrected chi connectivity index (χ2v) is 6.39. The van der Waals surface area contributed by atoms with Crippen LogP contribution in [0.1, 0.15) is 12.3 Å². The van der Waals surface area contributed by atoms with E-state index in [1.165, 1.54) is 0 Å². The number of anilines is 1. The molecule has 0 saturated heterocycles. The summed E-state index contributed by atoms with van der Waals surface area (Å²) in [6.07, 6.45) is 0.433. The highest BCUT2D eigenvalue weighted by molar-refractivity contribution is 5.90. The fourth-order valence-corrected chi connectivity index (χ4v) is 2.90. The fourth-order valence-electron chi connectivity index (χ4n) is 2.90. The van der Waals surface area contributed by atoms with Crippen molar-refractivity contribution in [3.05, 3.63) is 70.8 Å². The molecule has 0 fully saturated rings. The second-order valence-electron chi connectivity index (χ2n) is 6.39. The maximum atomic E-state index is 12.3. The van der Waals surface area contributed by atoms with E-state index in [2.05, 4.69) is 20.4 Å². The monoisotopic (exact) mass is 390 g/mol. The molecule has 0 aliphatic carbocycles. The van der Waals surface area contributed by atoms with Crippen LogP contribution in [-0.4, -0.2) is 28.1 Å². The molecule has 0 atom stereocenters. The number of nitrogens with zero attached hydrogens (tertiary/aromatic N) is 2. The summed E-state index contributed by atoms with van der Waals surface area (Å²) in [7, 11) is 1.58. The number of carbonyl (C=O) groups is 1. The molecule has 4 aromatic rings. The summed E-state index contributed by atoms with van der Waals surface area (Å²) in [5, 5.41) is 7.54. The molecule has 2 aromatic heterocycles. The number of benzene rings is 2. The minimum absolute atomic E-state index is 0.168. The Morgan fingerprint density at radius 2 is 1.97 bits per heavy atom. The van der Waals surface area contributed by atoms with E-state index in [1.807, 2.05) is 24.3 Å². The van der Waals surface area contributed by atoms with Crippen molar-refractivity contribution in [3.8, 4) is 17.1 Å². The molecule has 0 bridgehead atoms. The Morgan fingerprint density at radius 3 is 2.76 bits per heavy atom. The zero-order valence-corrected chi connectivity index (χ0v) is 15.6. The second kappa shape index (κ2) is 7.97. The highest BCUT2D eigenvalue weighted by Crippen LogP contribution is 2.18. The summed E-state index contributed by atoms with van der Waals surface area (Å²) in [5.41, 5.74) is 1.43. The first kappa shape index (κ1) is 18.4. The van der Waals surface area contributed by atoms with Gasteiger partial charge in [0.15, 0.2) is 0 Å². The van der Waals surface area contributed by atoms with Crippen LogP contribution < -0.4 is 15.6 Å². The third kappa shape index (κ3) is 4.16. The van der Waals surface area contributed by atoms with E-state index in [-0.39, 0.29) is 36.0 Å². The van der Waals surface area contributed by atoms with Crippen LogP contribution in [0.4, 0.5) is 5.69 Å². The van der Waals surface area contributed by atoms with Crippen molar-refractivity contribution in [2.75, 3.05) is 12.4 Å². The average molecular weight is 390 g/mol. The molecule has 29 heavy (non-hydrogen) atoms. The molecule has 0 spiro atoms. The average Bonchev–Trinajstić information content (AvgIpc) is 3.21. The normalized spacial score (nSPS) is 10.8. The number of hydrogen-bond donors (Lipinski definition) is 2. The summed E-state index contributed by atoms with van der Waals surface area (Å²) in [5.74, 6) is 1.02. The Morgan fingerprint density at radius 1 is 1.17 bits per heavy atom. The van der Waals surface area contributed by atoms with Crippen LogP contribution in [0.3, 0.4) is 0 Å². The fraction of sp³-hybridized carbons (Fsp3) is 0.143. The van der Waals surface area contributed by atoms with Crippen LogP contribution in [0.25, 0.3) is 22.3 Å². The molecular formula is C21H18N4O4. The predicted molar refractivity (Wildman–Crippen MR) is 108 cm³/mol. The number of aromatic nitrogens is 3. The molecule has 0 radical (unpaired) electrons. The third-order valence-electron chi connectivity index (χ3n) is 4.40. The standard InChI is InChI=1S/C21H18N4O4/c1-28-15-8-6-14(7-9-15)22-18(26)10-11-19-24-20(25-29-19)16-12-13-4-2-3-5-17(13)23-21(16)27/h2-9,12H,10-11H2,1H3,(H,22,26)(H,23,27). The van der Waals surface area contributed by atoms with E-state index >= 15 is 0 Å². The Labute approximate surface area is 165 Å². The Hall–Kier alpha value is -3.94. The number of aryl methyl sites for hydroxylation is 1. The van der Waals surface area contributed by atoms with E-state index < -0.39 is 0 Å². The number of ether oxygens (including phenoxy) is 1. The number of H-pyrrole nitrogens is 1. The van der Waals surface area contributed by atoms with Gasteiger partial charge in [-0.3, -0.25) is 9.59 Å². The number of nitrogens with one attached hydrogen (secondary N) is 2. The van der Waals surface area contributed by atoms with Gasteiger partial charge in [0.05, 0.1) is 12.7 Å². The van der Waals surface area contributed by atoms with Crippen LogP contribution in [0.15, 0.2) is 63.9 Å². The molecule has 0 unspecified atom stereocenters. The van der Waals surface area contributed by atoms with Gasteiger partial charge in [-0.1, -0.05) is 23.4 Å². The number of methoxy groups -OCH3 is 1. The molecule has 8 nitrogen and oxygen atoms in total. The van der Waals surface area contributed by atoms with Crippen LogP contribution in [-0.2, 0) is 11.2 Å². The number of pyridine rings is 1. The summed E-state index contributed by atoms with van der Waals surface area (Å²) < 4.78 is 10.3. The molecule has 2 aromatic carbocycles. The number of para-hydroxylation sites is 1. The van der Waals surface area contributed by atoms with Gasteiger partial charge in [-0.25, -0.2) is 0 Å². The van der Waals surface area contributed by atoms with Gasteiger partial charge in [0, 0.05) is 24.0 Å². The zero-order chi connectivity index (χ0) is 20.2. The molecule has 8 heteroatoms. The number of rotatable bonds is 6. The van der Waals surface area contributed by atoms with Gasteiger partial charge in [-0.2, -0.15) is 4.98 Å². The van der Waals surface area contributed by atoms with Crippen LogP contribution in [0.2, 0.25) is 0 Å². The minimum Gasteiger partial charge on any atom is -0.497 e. The molecule has 0 saturated carbocycles. The van der Waals surface area contributed by atoms with E-state index in [0.29, 0.717) is 17.0 Å². The van der Waals surface area contributed by atoms with Crippen molar-refractivity contribution in [2.24, 2.45) is 0 Å². The number of aromatic amines is 1. The maximum Gasteiger partial charge on any atom is 0.259 e. The maximum absolute atomic E-state index is 12.3. The molecule has 0 aliphatic heterocycles. The Bertz CT molecular complexity index is 1210. The first-order valence-electron chi connectivity index (χ1n) is 9.01. The highest BCUT2D eigenvalue weighted by Gasteiger charge is 2.14. The molecule has 2 heterocycles. The smallest absolute Gasteiger partial charge is 0.259 e. The van der Waals surface area contributed by atoms with Crippen molar-refractivity contribution in [3.63, 3.8) is 0 Å². The van der Waals surface area contributed by atoms with E-state index in [4.69, 9.17) is 9.26 Å². The number of fused-ring (bicyclic) bond motifs is 1. The lowest BCUT2D eigenvalue weighted by atomic mass is 10.1. The lowest BCUT2D eigenvalue weighted by molar-refractivity contribution is -0.116.